The second kappa shape index (κ2) is 11.9. The highest BCUT2D eigenvalue weighted by molar-refractivity contribution is 5.89. The molecule has 2 aromatic rings. The van der Waals surface area contributed by atoms with Crippen LogP contribution in [0.4, 0.5) is 0 Å². The molecule has 0 amide bonds. The van der Waals surface area contributed by atoms with E-state index in [0.29, 0.717) is 24.2 Å². The molecule has 2 rings (SSSR count). The topological polar surface area (TPSA) is 68.9 Å². The number of allylic oxidation sites excluding steroid dienone is 4. The lowest BCUT2D eigenvalue weighted by atomic mass is 10.1. The number of rotatable bonds is 11. The van der Waals surface area contributed by atoms with Gasteiger partial charge >= 0.3 is 5.63 Å². The Kier molecular flexibility index (Phi) is 9.26. The normalized spacial score (nSPS) is 11.8. The number of para-hydroxylation sites is 1. The first-order valence-corrected chi connectivity index (χ1v) is 10.4. The molecule has 30 heavy (non-hydrogen) atoms. The Bertz CT molecular complexity index is 975. The van der Waals surface area contributed by atoms with Crippen LogP contribution in [0.15, 0.2) is 62.9 Å². The maximum absolute atomic E-state index is 12.5. The SMILES string of the molecule is CCC=CCCOc1c(OC/C=C(\C)CCC=C(C)C)c(=O)oc2c(O)cccc12. The molecule has 0 bridgehead atoms. The van der Waals surface area contributed by atoms with Gasteiger partial charge in [0.05, 0.1) is 12.0 Å². The Hall–Kier alpha value is -2.95. The largest absolute Gasteiger partial charge is 0.504 e. The summed E-state index contributed by atoms with van der Waals surface area (Å²) in [4.78, 5) is 12.5. The number of benzene rings is 1. The minimum absolute atomic E-state index is 0.0286. The lowest BCUT2D eigenvalue weighted by molar-refractivity contribution is 0.279. The molecule has 0 unspecified atom stereocenters. The van der Waals surface area contributed by atoms with E-state index in [1.54, 1.807) is 12.1 Å². The van der Waals surface area contributed by atoms with Gasteiger partial charge in [-0.15, -0.1) is 0 Å². The molecule has 0 saturated heterocycles. The van der Waals surface area contributed by atoms with E-state index in [1.807, 2.05) is 19.1 Å². The second-order valence-electron chi connectivity index (χ2n) is 7.40. The van der Waals surface area contributed by atoms with E-state index in [4.69, 9.17) is 13.9 Å². The van der Waals surface area contributed by atoms with Gasteiger partial charge in [-0.25, -0.2) is 4.79 Å². The van der Waals surface area contributed by atoms with Crippen molar-refractivity contribution in [2.24, 2.45) is 0 Å². The van der Waals surface area contributed by atoms with Crippen LogP contribution in [-0.4, -0.2) is 18.3 Å². The number of fused-ring (bicyclic) bond motifs is 1. The van der Waals surface area contributed by atoms with Gasteiger partial charge in [-0.1, -0.05) is 42.4 Å². The van der Waals surface area contributed by atoms with E-state index >= 15 is 0 Å². The highest BCUT2D eigenvalue weighted by Gasteiger charge is 2.19. The van der Waals surface area contributed by atoms with Gasteiger partial charge in [0.25, 0.3) is 0 Å². The molecule has 1 N–H and O–H groups in total. The van der Waals surface area contributed by atoms with Crippen LogP contribution in [0.25, 0.3) is 11.0 Å². The quantitative estimate of drug-likeness (QED) is 0.266. The fraction of sp³-hybridized carbons (Fsp3) is 0.400. The zero-order chi connectivity index (χ0) is 21.9. The zero-order valence-corrected chi connectivity index (χ0v) is 18.4. The lowest BCUT2D eigenvalue weighted by Gasteiger charge is -2.13. The maximum Gasteiger partial charge on any atom is 0.383 e. The summed E-state index contributed by atoms with van der Waals surface area (Å²) in [6, 6.07) is 4.89. The smallest absolute Gasteiger partial charge is 0.383 e. The summed E-state index contributed by atoms with van der Waals surface area (Å²) in [6.07, 6.45) is 11.8. The third kappa shape index (κ3) is 6.83. The molecule has 1 heterocycles. The fourth-order valence-corrected chi connectivity index (χ4v) is 2.90. The Balaban J connectivity index is 2.23. The summed E-state index contributed by atoms with van der Waals surface area (Å²) in [7, 11) is 0. The summed E-state index contributed by atoms with van der Waals surface area (Å²) in [5.74, 6) is 0.223. The highest BCUT2D eigenvalue weighted by atomic mass is 16.5. The third-order valence-electron chi connectivity index (χ3n) is 4.51. The molecule has 0 radical (unpaired) electrons. The van der Waals surface area contributed by atoms with Gasteiger partial charge < -0.3 is 19.0 Å². The van der Waals surface area contributed by atoms with Crippen molar-refractivity contribution in [1.82, 2.24) is 0 Å². The minimum atomic E-state index is -0.668. The summed E-state index contributed by atoms with van der Waals surface area (Å²) >= 11 is 0. The molecule has 1 aromatic carbocycles. The predicted octanol–water partition coefficient (Wildman–Crippen LogP) is 6.31. The first-order valence-electron chi connectivity index (χ1n) is 10.4. The molecule has 162 valence electrons. The summed E-state index contributed by atoms with van der Waals surface area (Å²) in [5.41, 5.74) is 1.91. The Morgan fingerprint density at radius 2 is 1.87 bits per heavy atom. The third-order valence-corrected chi connectivity index (χ3v) is 4.51. The Morgan fingerprint density at radius 3 is 2.60 bits per heavy atom. The van der Waals surface area contributed by atoms with Crippen molar-refractivity contribution in [3.05, 3.63) is 64.1 Å². The molecule has 0 spiro atoms. The van der Waals surface area contributed by atoms with Crippen molar-refractivity contribution < 1.29 is 19.0 Å². The molecule has 0 atom stereocenters. The minimum Gasteiger partial charge on any atom is -0.504 e. The molecule has 0 aliphatic carbocycles. The van der Waals surface area contributed by atoms with E-state index in [2.05, 4.69) is 32.9 Å². The fourth-order valence-electron chi connectivity index (χ4n) is 2.90. The van der Waals surface area contributed by atoms with E-state index < -0.39 is 5.63 Å². The molecule has 5 nitrogen and oxygen atoms in total. The zero-order valence-electron chi connectivity index (χ0n) is 18.4. The van der Waals surface area contributed by atoms with E-state index in [1.165, 1.54) is 17.2 Å². The molecule has 1 aromatic heterocycles. The van der Waals surface area contributed by atoms with Gasteiger partial charge in [-0.05, 0) is 64.7 Å². The van der Waals surface area contributed by atoms with Crippen LogP contribution < -0.4 is 15.1 Å². The Labute approximate surface area is 178 Å². The highest BCUT2D eigenvalue weighted by Crippen LogP contribution is 2.36. The van der Waals surface area contributed by atoms with Crippen LogP contribution in [0.3, 0.4) is 0 Å². The van der Waals surface area contributed by atoms with Gasteiger partial charge in [0.2, 0.25) is 5.75 Å². The van der Waals surface area contributed by atoms with Crippen LogP contribution in [0.1, 0.15) is 53.4 Å². The van der Waals surface area contributed by atoms with E-state index in [-0.39, 0.29) is 23.7 Å². The van der Waals surface area contributed by atoms with Crippen molar-refractivity contribution in [2.45, 2.75) is 53.4 Å². The van der Waals surface area contributed by atoms with Crippen molar-refractivity contribution in [2.75, 3.05) is 13.2 Å². The molecular formula is C25H32O5. The van der Waals surface area contributed by atoms with Crippen LogP contribution in [0, 0.1) is 0 Å². The van der Waals surface area contributed by atoms with Crippen molar-refractivity contribution in [3.8, 4) is 17.2 Å². The van der Waals surface area contributed by atoms with Crippen LogP contribution >= 0.6 is 0 Å². The first-order chi connectivity index (χ1) is 14.4. The first kappa shape index (κ1) is 23.3. The van der Waals surface area contributed by atoms with Crippen LogP contribution in [0.2, 0.25) is 0 Å². The van der Waals surface area contributed by atoms with Gasteiger partial charge in [0.1, 0.15) is 6.61 Å². The number of hydrogen-bond acceptors (Lipinski definition) is 5. The number of phenolic OH excluding ortho intramolecular Hbond substituents is 1. The second-order valence-corrected chi connectivity index (χ2v) is 7.40. The van der Waals surface area contributed by atoms with E-state index in [0.717, 1.165) is 19.3 Å². The molecular weight excluding hydrogens is 380 g/mol. The summed E-state index contributed by atoms with van der Waals surface area (Å²) in [5, 5.41) is 10.6. The van der Waals surface area contributed by atoms with Crippen LogP contribution in [-0.2, 0) is 0 Å². The average molecular weight is 413 g/mol. The van der Waals surface area contributed by atoms with Gasteiger partial charge in [0, 0.05) is 0 Å². The van der Waals surface area contributed by atoms with E-state index in [9.17, 15) is 9.90 Å². The number of phenols is 1. The van der Waals surface area contributed by atoms with Gasteiger partial charge in [-0.3, -0.25) is 0 Å². The molecule has 0 saturated carbocycles. The molecule has 5 heteroatoms. The van der Waals surface area contributed by atoms with Gasteiger partial charge in [0.15, 0.2) is 17.1 Å². The van der Waals surface area contributed by atoms with Crippen molar-refractivity contribution in [1.29, 1.82) is 0 Å². The standard InChI is InChI=1S/C25H32O5/c1-5-6-7-8-16-28-23-20-13-10-14-21(26)22(20)30-25(27)24(23)29-17-15-19(4)12-9-11-18(2)3/h6-7,10-11,13-15,26H,5,8-9,12,16-17H2,1-4H3/b7-6?,19-15+. The molecule has 0 aliphatic rings. The molecule has 0 aliphatic heterocycles. The van der Waals surface area contributed by atoms with Gasteiger partial charge in [-0.2, -0.15) is 0 Å². The summed E-state index contributed by atoms with van der Waals surface area (Å²) in [6.45, 7) is 8.90. The average Bonchev–Trinajstić information content (AvgIpc) is 2.70. The number of aromatic hydroxyl groups is 1. The maximum atomic E-state index is 12.5. The number of hydrogen-bond donors (Lipinski definition) is 1. The molecule has 0 fully saturated rings. The predicted molar refractivity (Wildman–Crippen MR) is 122 cm³/mol. The number of ether oxygens (including phenoxy) is 2. The Morgan fingerprint density at radius 1 is 1.07 bits per heavy atom. The van der Waals surface area contributed by atoms with Crippen molar-refractivity contribution in [3.63, 3.8) is 0 Å². The van der Waals surface area contributed by atoms with Crippen molar-refractivity contribution >= 4 is 11.0 Å². The van der Waals surface area contributed by atoms with Crippen LogP contribution in [0.5, 0.6) is 17.2 Å². The lowest BCUT2D eigenvalue weighted by Crippen LogP contribution is -2.11. The monoisotopic (exact) mass is 412 g/mol. The summed E-state index contributed by atoms with van der Waals surface area (Å²) < 4.78 is 17.0.